The van der Waals surface area contributed by atoms with E-state index in [1.54, 1.807) is 0 Å². The second-order valence-electron chi connectivity index (χ2n) is 7.92. The summed E-state index contributed by atoms with van der Waals surface area (Å²) in [5.74, 6) is 0.851. The van der Waals surface area contributed by atoms with Crippen molar-refractivity contribution >= 4 is 11.7 Å². The Hall–Kier alpha value is -2.56. The van der Waals surface area contributed by atoms with Gasteiger partial charge >= 0.3 is 0 Å². The fourth-order valence-corrected chi connectivity index (χ4v) is 5.23. The van der Waals surface area contributed by atoms with Gasteiger partial charge in [-0.25, -0.2) is 0 Å². The predicted octanol–water partition coefficient (Wildman–Crippen LogP) is 3.41. The number of Topliss-reactive ketones (excluding diaryl/α,β-unsaturated/α-hetero) is 1. The molecule has 0 saturated carbocycles. The molecule has 1 spiro atoms. The number of hydrogen-bond acceptors (Lipinski definition) is 3. The van der Waals surface area contributed by atoms with Crippen LogP contribution in [0.3, 0.4) is 0 Å². The van der Waals surface area contributed by atoms with Crippen LogP contribution in [-0.4, -0.2) is 39.3 Å². The van der Waals surface area contributed by atoms with Crippen LogP contribution in [0.2, 0.25) is 0 Å². The first-order chi connectivity index (χ1) is 12.5. The first-order valence-corrected chi connectivity index (χ1v) is 9.29. The number of carbonyl (C=O) groups excluding carboxylic acids is 2. The zero-order valence-electron chi connectivity index (χ0n) is 15.0. The van der Waals surface area contributed by atoms with Crippen molar-refractivity contribution in [2.24, 2.45) is 0 Å². The quantitative estimate of drug-likeness (QED) is 0.857. The number of nitrogens with one attached hydrogen (secondary N) is 1. The number of rotatable bonds is 1. The van der Waals surface area contributed by atoms with Gasteiger partial charge < -0.3 is 14.6 Å². The summed E-state index contributed by atoms with van der Waals surface area (Å²) in [5, 5.41) is 0. The predicted molar refractivity (Wildman–Crippen MR) is 96.6 cm³/mol. The molecule has 2 aromatic rings. The number of benzene rings is 1. The van der Waals surface area contributed by atoms with Crippen LogP contribution in [0, 0.1) is 13.8 Å². The topological polar surface area (TPSA) is 62.4 Å². The van der Waals surface area contributed by atoms with Gasteiger partial charge in [-0.15, -0.1) is 0 Å². The second kappa shape index (κ2) is 5.22. The Labute approximate surface area is 152 Å². The van der Waals surface area contributed by atoms with Crippen molar-refractivity contribution in [3.63, 3.8) is 0 Å². The third-order valence-electron chi connectivity index (χ3n) is 6.27. The number of para-hydroxylation sites is 1. The SMILES string of the molecule is Cc1cc(C(=O)N2[C@H]3CC[C@@H]2[C@]2(CC(=O)c4ccccc4O2)C3)c(C)[nH]1. The Bertz CT molecular complexity index is 931. The summed E-state index contributed by atoms with van der Waals surface area (Å²) >= 11 is 0. The van der Waals surface area contributed by atoms with E-state index < -0.39 is 5.60 Å². The standard InChI is InChI=1S/C21H22N2O3/c1-12-9-16(13(2)22-12)20(25)23-14-7-8-19(23)21(10-14)11-17(24)15-5-3-4-6-18(15)26-21/h3-6,9,14,19,22H,7-8,10-11H2,1-2H3/t14-,19+,21+/m0/s1. The Balaban J connectivity index is 1.51. The van der Waals surface area contributed by atoms with Crippen molar-refractivity contribution in [2.75, 3.05) is 0 Å². The fraction of sp³-hybridized carbons (Fsp3) is 0.429. The van der Waals surface area contributed by atoms with Crippen molar-refractivity contribution in [3.05, 3.63) is 52.8 Å². The monoisotopic (exact) mass is 350 g/mol. The van der Waals surface area contributed by atoms with E-state index in [0.29, 0.717) is 17.7 Å². The van der Waals surface area contributed by atoms with Gasteiger partial charge in [-0.3, -0.25) is 9.59 Å². The average Bonchev–Trinajstić information content (AvgIpc) is 3.25. The molecular weight excluding hydrogens is 328 g/mol. The van der Waals surface area contributed by atoms with E-state index in [-0.39, 0.29) is 23.8 Å². The Morgan fingerprint density at radius 2 is 2.08 bits per heavy atom. The van der Waals surface area contributed by atoms with Gasteiger partial charge in [-0.05, 0) is 44.9 Å². The lowest BCUT2D eigenvalue weighted by molar-refractivity contribution is 0.0112. The van der Waals surface area contributed by atoms with Gasteiger partial charge in [-0.2, -0.15) is 0 Å². The number of aryl methyl sites for hydroxylation is 2. The highest BCUT2D eigenvalue weighted by atomic mass is 16.5. The Morgan fingerprint density at radius 1 is 1.27 bits per heavy atom. The third-order valence-corrected chi connectivity index (χ3v) is 6.27. The van der Waals surface area contributed by atoms with Crippen LogP contribution in [0.5, 0.6) is 5.75 Å². The number of ketones is 1. The van der Waals surface area contributed by atoms with Crippen LogP contribution in [-0.2, 0) is 0 Å². The molecular formula is C21H22N2O3. The van der Waals surface area contributed by atoms with Crippen molar-refractivity contribution in [3.8, 4) is 5.75 Å². The van der Waals surface area contributed by atoms with Crippen molar-refractivity contribution < 1.29 is 14.3 Å². The second-order valence-corrected chi connectivity index (χ2v) is 7.92. The Kier molecular flexibility index (Phi) is 3.15. The number of ether oxygens (including phenoxy) is 1. The highest BCUT2D eigenvalue weighted by Gasteiger charge is 2.61. The van der Waals surface area contributed by atoms with Gasteiger partial charge in [0.15, 0.2) is 5.78 Å². The van der Waals surface area contributed by atoms with E-state index in [4.69, 9.17) is 4.74 Å². The summed E-state index contributed by atoms with van der Waals surface area (Å²) in [5.41, 5.74) is 2.72. The summed E-state index contributed by atoms with van der Waals surface area (Å²) in [6.07, 6.45) is 2.99. The lowest BCUT2D eigenvalue weighted by atomic mass is 9.78. The molecule has 134 valence electrons. The number of aromatic amines is 1. The molecule has 3 aliphatic heterocycles. The van der Waals surface area contributed by atoms with E-state index >= 15 is 0 Å². The normalized spacial score (nSPS) is 29.2. The lowest BCUT2D eigenvalue weighted by Gasteiger charge is -2.40. The average molecular weight is 350 g/mol. The molecule has 2 saturated heterocycles. The van der Waals surface area contributed by atoms with Gasteiger partial charge in [-0.1, -0.05) is 12.1 Å². The molecule has 0 aliphatic carbocycles. The minimum atomic E-state index is -0.566. The molecule has 1 aromatic carbocycles. The molecule has 1 aromatic heterocycles. The molecule has 5 rings (SSSR count). The number of carbonyl (C=O) groups is 2. The first-order valence-electron chi connectivity index (χ1n) is 9.29. The van der Waals surface area contributed by atoms with Crippen molar-refractivity contribution in [1.82, 2.24) is 9.88 Å². The van der Waals surface area contributed by atoms with E-state index in [1.807, 2.05) is 49.1 Å². The van der Waals surface area contributed by atoms with Crippen LogP contribution in [0.25, 0.3) is 0 Å². The minimum Gasteiger partial charge on any atom is -0.484 e. The summed E-state index contributed by atoms with van der Waals surface area (Å²) in [4.78, 5) is 31.2. The molecule has 3 aliphatic rings. The van der Waals surface area contributed by atoms with E-state index in [0.717, 1.165) is 36.2 Å². The van der Waals surface area contributed by atoms with Gasteiger partial charge in [0.2, 0.25) is 0 Å². The molecule has 2 fully saturated rings. The number of hydrogen-bond donors (Lipinski definition) is 1. The molecule has 5 nitrogen and oxygen atoms in total. The summed E-state index contributed by atoms with van der Waals surface area (Å²) in [7, 11) is 0. The molecule has 3 atom stereocenters. The summed E-state index contributed by atoms with van der Waals surface area (Å²) in [6.45, 7) is 3.90. The maximum atomic E-state index is 13.3. The van der Waals surface area contributed by atoms with Crippen LogP contribution >= 0.6 is 0 Å². The fourth-order valence-electron chi connectivity index (χ4n) is 5.23. The highest BCUT2D eigenvalue weighted by Crippen LogP contribution is 2.51. The third kappa shape index (κ3) is 2.03. The van der Waals surface area contributed by atoms with Crippen molar-refractivity contribution in [1.29, 1.82) is 0 Å². The molecule has 0 unspecified atom stereocenters. The smallest absolute Gasteiger partial charge is 0.256 e. The lowest BCUT2D eigenvalue weighted by Crippen LogP contribution is -2.52. The molecule has 4 heterocycles. The largest absolute Gasteiger partial charge is 0.484 e. The Morgan fingerprint density at radius 3 is 2.85 bits per heavy atom. The molecule has 5 heteroatoms. The molecule has 2 bridgehead atoms. The maximum absolute atomic E-state index is 13.3. The van der Waals surface area contributed by atoms with Crippen LogP contribution in [0.1, 0.15) is 57.8 Å². The number of amides is 1. The number of aromatic nitrogens is 1. The van der Waals surface area contributed by atoms with E-state index in [1.165, 1.54) is 0 Å². The van der Waals surface area contributed by atoms with Gasteiger partial charge in [0, 0.05) is 23.9 Å². The van der Waals surface area contributed by atoms with Crippen LogP contribution in [0.15, 0.2) is 30.3 Å². The van der Waals surface area contributed by atoms with Crippen molar-refractivity contribution in [2.45, 2.75) is 57.2 Å². The molecule has 26 heavy (non-hydrogen) atoms. The molecule has 0 radical (unpaired) electrons. The molecule has 1 amide bonds. The minimum absolute atomic E-state index is 0.0353. The van der Waals surface area contributed by atoms with E-state index in [2.05, 4.69) is 4.98 Å². The highest BCUT2D eigenvalue weighted by molar-refractivity contribution is 6.01. The number of fused-ring (bicyclic) bond motifs is 4. The van der Waals surface area contributed by atoms with Crippen LogP contribution in [0.4, 0.5) is 0 Å². The summed E-state index contributed by atoms with van der Waals surface area (Å²) < 4.78 is 6.41. The maximum Gasteiger partial charge on any atom is 0.256 e. The number of nitrogens with zero attached hydrogens (tertiary/aromatic N) is 1. The van der Waals surface area contributed by atoms with Gasteiger partial charge in [0.05, 0.1) is 23.6 Å². The molecule has 1 N–H and O–H groups in total. The zero-order valence-corrected chi connectivity index (χ0v) is 15.0. The van der Waals surface area contributed by atoms with Gasteiger partial charge in [0.25, 0.3) is 5.91 Å². The number of H-pyrrole nitrogens is 1. The van der Waals surface area contributed by atoms with Gasteiger partial charge in [0.1, 0.15) is 11.4 Å². The van der Waals surface area contributed by atoms with Crippen LogP contribution < -0.4 is 4.74 Å². The summed E-state index contributed by atoms with van der Waals surface area (Å²) in [6, 6.07) is 9.49. The van der Waals surface area contributed by atoms with E-state index in [9.17, 15) is 9.59 Å². The zero-order chi connectivity index (χ0) is 18.1. The first kappa shape index (κ1) is 15.7.